The third-order valence-corrected chi connectivity index (χ3v) is 5.64. The van der Waals surface area contributed by atoms with Gasteiger partial charge in [0.1, 0.15) is 11.4 Å². The number of hydrogen-bond acceptors (Lipinski definition) is 4. The molecule has 2 atom stereocenters. The van der Waals surface area contributed by atoms with Gasteiger partial charge in [-0.1, -0.05) is 0 Å². The van der Waals surface area contributed by atoms with Crippen LogP contribution in [0.3, 0.4) is 0 Å². The van der Waals surface area contributed by atoms with Crippen molar-refractivity contribution in [2.75, 3.05) is 33.3 Å². The molecule has 0 radical (unpaired) electrons. The van der Waals surface area contributed by atoms with Gasteiger partial charge in [-0.15, -0.1) is 0 Å². The molecule has 0 saturated carbocycles. The van der Waals surface area contributed by atoms with Gasteiger partial charge in [0.2, 0.25) is 0 Å². The van der Waals surface area contributed by atoms with Crippen LogP contribution >= 0.6 is 0 Å². The number of piperidine rings is 2. The summed E-state index contributed by atoms with van der Waals surface area (Å²) in [5, 5.41) is 13.6. The maximum Gasteiger partial charge on any atom is 0.282 e. The number of nitrogens with zero attached hydrogens (tertiary/aromatic N) is 4. The number of likely N-dealkylation sites (tertiary alicyclic amines) is 2. The molecule has 6 nitrogen and oxygen atoms in total. The van der Waals surface area contributed by atoms with Gasteiger partial charge in [-0.25, -0.2) is 8.78 Å². The molecule has 134 valence electrons. The number of likely N-dealkylation sites (N-methyl/N-ethyl adjacent to an activating group) is 1. The van der Waals surface area contributed by atoms with E-state index in [0.29, 0.717) is 13.1 Å². The highest BCUT2D eigenvalue weighted by Gasteiger charge is 2.47. The van der Waals surface area contributed by atoms with Gasteiger partial charge >= 0.3 is 0 Å². The number of aliphatic hydroxyl groups excluding tert-OH is 1. The van der Waals surface area contributed by atoms with E-state index in [4.69, 9.17) is 0 Å². The smallest absolute Gasteiger partial charge is 0.282 e. The summed E-state index contributed by atoms with van der Waals surface area (Å²) in [6.07, 6.45) is 0.0395. The Hall–Kier alpha value is -1.54. The second kappa shape index (κ2) is 6.40. The second-order valence-electron chi connectivity index (χ2n) is 7.00. The number of aromatic nitrogens is 2. The van der Waals surface area contributed by atoms with Gasteiger partial charge in [-0.2, -0.15) is 5.10 Å². The van der Waals surface area contributed by atoms with Crippen LogP contribution in [0.15, 0.2) is 6.07 Å². The van der Waals surface area contributed by atoms with E-state index in [1.54, 1.807) is 4.90 Å². The second-order valence-corrected chi connectivity index (χ2v) is 7.00. The lowest BCUT2D eigenvalue weighted by atomic mass is 9.69. The van der Waals surface area contributed by atoms with E-state index in [2.05, 4.69) is 10.00 Å². The summed E-state index contributed by atoms with van der Waals surface area (Å²) >= 11 is 0. The third-order valence-electron chi connectivity index (χ3n) is 5.64. The molecule has 0 bridgehead atoms. The molecular weight excluding hydrogens is 318 g/mol. The number of fused-ring (bicyclic) bond motifs is 1. The molecule has 0 aliphatic carbocycles. The molecule has 2 fully saturated rings. The Kier molecular flexibility index (Phi) is 4.61. The number of aryl methyl sites for hydroxylation is 1. The molecule has 0 unspecified atom stereocenters. The summed E-state index contributed by atoms with van der Waals surface area (Å²) in [6, 6.07) is 1.27. The average Bonchev–Trinajstić information content (AvgIpc) is 2.96. The van der Waals surface area contributed by atoms with E-state index in [0.717, 1.165) is 25.8 Å². The normalized spacial score (nSPS) is 28.2. The predicted molar refractivity (Wildman–Crippen MR) is 83.9 cm³/mol. The summed E-state index contributed by atoms with van der Waals surface area (Å²) in [7, 11) is 3.52. The Morgan fingerprint density at radius 3 is 2.79 bits per heavy atom. The Labute approximate surface area is 140 Å². The van der Waals surface area contributed by atoms with E-state index < -0.39 is 6.43 Å². The number of halogens is 2. The van der Waals surface area contributed by atoms with Gasteiger partial charge in [-0.05, 0) is 38.9 Å². The standard InChI is InChI=1S/C16H24F2N4O2/c1-20-6-3-4-16(10-23)5-7-22(9-13(16)20)15(24)12-8-11(14(17)18)19-21(12)2/h8,13-14,23H,3-7,9-10H2,1-2H3/t13-,16-/m1/s1. The fourth-order valence-corrected chi connectivity index (χ4v) is 4.16. The Bertz CT molecular complexity index is 621. The van der Waals surface area contributed by atoms with Crippen LogP contribution in [0.2, 0.25) is 0 Å². The first-order valence-electron chi connectivity index (χ1n) is 8.30. The number of alkyl halides is 2. The van der Waals surface area contributed by atoms with Crippen LogP contribution in [0.25, 0.3) is 0 Å². The van der Waals surface area contributed by atoms with E-state index in [9.17, 15) is 18.7 Å². The quantitative estimate of drug-likeness (QED) is 0.899. The van der Waals surface area contributed by atoms with Crippen molar-refractivity contribution in [1.82, 2.24) is 19.6 Å². The first kappa shape index (κ1) is 17.3. The monoisotopic (exact) mass is 342 g/mol. The van der Waals surface area contributed by atoms with Crippen LogP contribution < -0.4 is 0 Å². The van der Waals surface area contributed by atoms with Crippen molar-refractivity contribution in [3.8, 4) is 0 Å². The predicted octanol–water partition coefficient (Wildman–Crippen LogP) is 1.28. The summed E-state index contributed by atoms with van der Waals surface area (Å²) in [5.41, 5.74) is -0.359. The summed E-state index contributed by atoms with van der Waals surface area (Å²) < 4.78 is 26.8. The molecule has 24 heavy (non-hydrogen) atoms. The molecule has 0 aromatic carbocycles. The zero-order valence-corrected chi connectivity index (χ0v) is 14.1. The first-order chi connectivity index (χ1) is 11.4. The molecule has 2 saturated heterocycles. The minimum atomic E-state index is -2.69. The van der Waals surface area contributed by atoms with E-state index in [-0.39, 0.29) is 35.4 Å². The lowest BCUT2D eigenvalue weighted by molar-refractivity contribution is -0.0602. The highest BCUT2D eigenvalue weighted by atomic mass is 19.3. The molecule has 8 heteroatoms. The Balaban J connectivity index is 1.80. The Morgan fingerprint density at radius 1 is 1.42 bits per heavy atom. The van der Waals surface area contributed by atoms with E-state index in [1.807, 2.05) is 7.05 Å². The molecule has 0 spiro atoms. The first-order valence-corrected chi connectivity index (χ1v) is 8.30. The minimum absolute atomic E-state index is 0.0942. The van der Waals surface area contributed by atoms with Crippen molar-refractivity contribution < 1.29 is 18.7 Å². The summed E-state index contributed by atoms with van der Waals surface area (Å²) in [5.74, 6) is -0.276. The molecule has 2 aliphatic rings. The number of hydrogen-bond donors (Lipinski definition) is 1. The number of rotatable bonds is 3. The minimum Gasteiger partial charge on any atom is -0.396 e. The van der Waals surface area contributed by atoms with Crippen molar-refractivity contribution >= 4 is 5.91 Å². The van der Waals surface area contributed by atoms with Crippen molar-refractivity contribution in [3.63, 3.8) is 0 Å². The summed E-state index contributed by atoms with van der Waals surface area (Å²) in [6.45, 7) is 2.09. The fourth-order valence-electron chi connectivity index (χ4n) is 4.16. The van der Waals surface area contributed by atoms with Crippen molar-refractivity contribution in [3.05, 3.63) is 17.5 Å². The van der Waals surface area contributed by atoms with Gasteiger partial charge < -0.3 is 14.9 Å². The maximum atomic E-state index is 12.8. The number of amides is 1. The zero-order chi connectivity index (χ0) is 17.5. The molecule has 1 aromatic heterocycles. The van der Waals surface area contributed by atoms with Crippen LogP contribution in [-0.2, 0) is 7.05 Å². The molecule has 3 heterocycles. The van der Waals surface area contributed by atoms with Crippen LogP contribution in [0.5, 0.6) is 0 Å². The van der Waals surface area contributed by atoms with E-state index >= 15 is 0 Å². The van der Waals surface area contributed by atoms with Crippen molar-refractivity contribution in [2.45, 2.75) is 31.7 Å². The molecule has 1 amide bonds. The third kappa shape index (κ3) is 2.82. The highest BCUT2D eigenvalue weighted by Crippen LogP contribution is 2.41. The maximum absolute atomic E-state index is 12.8. The van der Waals surface area contributed by atoms with Crippen LogP contribution in [0.4, 0.5) is 8.78 Å². The number of carbonyl (C=O) groups excluding carboxylic acids is 1. The van der Waals surface area contributed by atoms with Crippen molar-refractivity contribution in [2.24, 2.45) is 12.5 Å². The average molecular weight is 342 g/mol. The van der Waals surface area contributed by atoms with Gasteiger partial charge in [0.15, 0.2) is 0 Å². The Morgan fingerprint density at radius 2 is 2.17 bits per heavy atom. The molecule has 3 rings (SSSR count). The van der Waals surface area contributed by atoms with Gasteiger partial charge in [-0.3, -0.25) is 9.48 Å². The molecular formula is C16H24F2N4O2. The molecule has 1 N–H and O–H groups in total. The van der Waals surface area contributed by atoms with E-state index in [1.165, 1.54) is 17.8 Å². The topological polar surface area (TPSA) is 61.6 Å². The van der Waals surface area contributed by atoms with Gasteiger partial charge in [0.25, 0.3) is 12.3 Å². The summed E-state index contributed by atoms with van der Waals surface area (Å²) in [4.78, 5) is 16.7. The van der Waals surface area contributed by atoms with Crippen LogP contribution in [-0.4, -0.2) is 69.9 Å². The van der Waals surface area contributed by atoms with Crippen LogP contribution in [0, 0.1) is 5.41 Å². The molecule has 2 aliphatic heterocycles. The molecule has 1 aromatic rings. The van der Waals surface area contributed by atoms with Crippen LogP contribution in [0.1, 0.15) is 41.9 Å². The van der Waals surface area contributed by atoms with Crippen molar-refractivity contribution in [1.29, 1.82) is 0 Å². The number of carbonyl (C=O) groups is 1. The fraction of sp³-hybridized carbons (Fsp3) is 0.750. The number of aliphatic hydroxyl groups is 1. The van der Waals surface area contributed by atoms with Gasteiger partial charge in [0.05, 0.1) is 6.61 Å². The largest absolute Gasteiger partial charge is 0.396 e. The zero-order valence-electron chi connectivity index (χ0n) is 14.1. The lowest BCUT2D eigenvalue weighted by Gasteiger charge is -2.53. The van der Waals surface area contributed by atoms with Gasteiger partial charge in [0, 0.05) is 31.6 Å². The SMILES string of the molecule is CN1CCC[C@]2(CO)CCN(C(=O)c3cc(C(F)F)nn3C)C[C@@H]12. The highest BCUT2D eigenvalue weighted by molar-refractivity contribution is 5.92. The lowest BCUT2D eigenvalue weighted by Crippen LogP contribution is -2.62.